The van der Waals surface area contributed by atoms with Crippen LogP contribution in [0.25, 0.3) is 10.2 Å². The zero-order valence-electron chi connectivity index (χ0n) is 13.7. The van der Waals surface area contributed by atoms with Gasteiger partial charge in [0.2, 0.25) is 5.91 Å². The molecule has 6 heteroatoms. The van der Waals surface area contributed by atoms with Crippen LogP contribution in [0.5, 0.6) is 0 Å². The van der Waals surface area contributed by atoms with Crippen LogP contribution in [0.3, 0.4) is 0 Å². The third-order valence-electron chi connectivity index (χ3n) is 4.07. The van der Waals surface area contributed by atoms with E-state index in [1.54, 1.807) is 4.90 Å². The number of para-hydroxylation sites is 1. The van der Waals surface area contributed by atoms with Crippen molar-refractivity contribution in [2.45, 2.75) is 20.3 Å². The van der Waals surface area contributed by atoms with Gasteiger partial charge >= 0.3 is 0 Å². The number of carbonyl (C=O) groups excluding carboxylic acids is 2. The van der Waals surface area contributed by atoms with Crippen molar-refractivity contribution >= 4 is 33.4 Å². The number of thiazole rings is 1. The lowest BCUT2D eigenvalue weighted by Gasteiger charge is -2.18. The highest BCUT2D eigenvalue weighted by Crippen LogP contribution is 2.21. The Morgan fingerprint density at radius 3 is 2.83 bits per heavy atom. The maximum absolute atomic E-state index is 12.5. The van der Waals surface area contributed by atoms with Crippen LogP contribution in [0.15, 0.2) is 29.3 Å². The molecule has 1 aliphatic rings. The number of carbonyl (C=O) groups is 2. The molecule has 5 nitrogen and oxygen atoms in total. The summed E-state index contributed by atoms with van der Waals surface area (Å²) in [6.07, 6.45) is 0.281. The first kappa shape index (κ1) is 15.9. The first-order valence-electron chi connectivity index (χ1n) is 7.86. The summed E-state index contributed by atoms with van der Waals surface area (Å²) >= 11 is 1.50. The standard InChI is InChI=1S/C17H21N3O2S/c1-11(2)9-20-10-12(8-15(20)21)16(22)18-17-19(3)13-6-4-5-7-14(13)23-17/h4-7,11-12H,8-10H2,1-3H3. The van der Waals surface area contributed by atoms with E-state index in [0.29, 0.717) is 23.8 Å². The van der Waals surface area contributed by atoms with Crippen LogP contribution < -0.4 is 4.80 Å². The number of aromatic nitrogens is 1. The average molecular weight is 331 g/mol. The molecule has 0 spiro atoms. The van der Waals surface area contributed by atoms with Crippen LogP contribution in [0.4, 0.5) is 0 Å². The van der Waals surface area contributed by atoms with Gasteiger partial charge in [-0.05, 0) is 18.1 Å². The highest BCUT2D eigenvalue weighted by atomic mass is 32.1. The lowest BCUT2D eigenvalue weighted by Crippen LogP contribution is -2.30. The minimum Gasteiger partial charge on any atom is -0.342 e. The largest absolute Gasteiger partial charge is 0.342 e. The van der Waals surface area contributed by atoms with Gasteiger partial charge in [0, 0.05) is 26.6 Å². The Morgan fingerprint density at radius 2 is 2.13 bits per heavy atom. The molecule has 3 rings (SSSR count). The van der Waals surface area contributed by atoms with Crippen LogP contribution in [0.1, 0.15) is 20.3 Å². The number of likely N-dealkylation sites (tertiary alicyclic amines) is 1. The van der Waals surface area contributed by atoms with Gasteiger partial charge in [0.25, 0.3) is 5.91 Å². The van der Waals surface area contributed by atoms with E-state index in [-0.39, 0.29) is 24.2 Å². The number of fused-ring (bicyclic) bond motifs is 1. The normalized spacial score (nSPS) is 19.3. The van der Waals surface area contributed by atoms with Gasteiger partial charge < -0.3 is 9.47 Å². The molecule has 1 aliphatic heterocycles. The third-order valence-corrected chi connectivity index (χ3v) is 5.18. The zero-order valence-corrected chi connectivity index (χ0v) is 14.5. The molecule has 0 N–H and O–H groups in total. The molecule has 1 aromatic heterocycles. The maximum Gasteiger partial charge on any atom is 0.253 e. The lowest BCUT2D eigenvalue weighted by atomic mass is 10.1. The van der Waals surface area contributed by atoms with Gasteiger partial charge in [0.05, 0.1) is 16.1 Å². The molecule has 1 atom stereocenters. The van der Waals surface area contributed by atoms with Gasteiger partial charge in [-0.15, -0.1) is 0 Å². The Morgan fingerprint density at radius 1 is 1.39 bits per heavy atom. The fourth-order valence-electron chi connectivity index (χ4n) is 2.93. The van der Waals surface area contributed by atoms with Crippen LogP contribution in [-0.4, -0.2) is 34.4 Å². The minimum atomic E-state index is -0.313. The number of amides is 2. The average Bonchev–Trinajstić information content (AvgIpc) is 3.01. The summed E-state index contributed by atoms with van der Waals surface area (Å²) in [7, 11) is 1.91. The summed E-state index contributed by atoms with van der Waals surface area (Å²) < 4.78 is 3.03. The molecule has 0 saturated carbocycles. The predicted octanol–water partition coefficient (Wildman–Crippen LogP) is 2.17. The molecule has 2 aromatic rings. The van der Waals surface area contributed by atoms with Gasteiger partial charge in [-0.25, -0.2) is 0 Å². The molecule has 23 heavy (non-hydrogen) atoms. The van der Waals surface area contributed by atoms with Crippen molar-refractivity contribution in [2.75, 3.05) is 13.1 Å². The summed E-state index contributed by atoms with van der Waals surface area (Å²) in [5, 5.41) is 0. The van der Waals surface area contributed by atoms with Crippen molar-refractivity contribution < 1.29 is 9.59 Å². The topological polar surface area (TPSA) is 54.7 Å². The highest BCUT2D eigenvalue weighted by molar-refractivity contribution is 7.16. The van der Waals surface area contributed by atoms with E-state index in [1.165, 1.54) is 11.3 Å². The van der Waals surface area contributed by atoms with Crippen LogP contribution in [0.2, 0.25) is 0 Å². The fourth-order valence-corrected chi connectivity index (χ4v) is 3.95. The van der Waals surface area contributed by atoms with E-state index in [9.17, 15) is 9.59 Å². The van der Waals surface area contributed by atoms with E-state index in [1.807, 2.05) is 35.9 Å². The molecule has 0 radical (unpaired) electrons. The highest BCUT2D eigenvalue weighted by Gasteiger charge is 2.34. The molecule has 2 heterocycles. The predicted molar refractivity (Wildman–Crippen MR) is 90.9 cm³/mol. The molecule has 1 aromatic carbocycles. The molecule has 1 fully saturated rings. The summed E-state index contributed by atoms with van der Waals surface area (Å²) in [6, 6.07) is 7.98. The quantitative estimate of drug-likeness (QED) is 0.865. The van der Waals surface area contributed by atoms with Gasteiger partial charge in [-0.2, -0.15) is 4.99 Å². The minimum absolute atomic E-state index is 0.0629. The van der Waals surface area contributed by atoms with Crippen molar-refractivity contribution in [3.05, 3.63) is 29.1 Å². The fraction of sp³-hybridized carbons (Fsp3) is 0.471. The van der Waals surface area contributed by atoms with Gasteiger partial charge in [0.1, 0.15) is 0 Å². The second-order valence-corrected chi connectivity index (χ2v) is 7.46. The second-order valence-electron chi connectivity index (χ2n) is 6.46. The first-order chi connectivity index (χ1) is 11.0. The zero-order chi connectivity index (χ0) is 16.6. The molecule has 1 unspecified atom stereocenters. The Balaban J connectivity index is 1.83. The molecule has 0 bridgehead atoms. The Hall–Kier alpha value is -1.95. The number of rotatable bonds is 3. The number of aryl methyl sites for hydroxylation is 1. The van der Waals surface area contributed by atoms with Crippen LogP contribution in [-0.2, 0) is 16.6 Å². The lowest BCUT2D eigenvalue weighted by molar-refractivity contribution is -0.128. The van der Waals surface area contributed by atoms with E-state index >= 15 is 0 Å². The SMILES string of the molecule is CC(C)CN1CC(C(=O)N=c2sc3ccccc3n2C)CC1=O. The molecular formula is C17H21N3O2S. The smallest absolute Gasteiger partial charge is 0.253 e. The van der Waals surface area contributed by atoms with Crippen molar-refractivity contribution in [1.29, 1.82) is 0 Å². The van der Waals surface area contributed by atoms with Crippen LogP contribution >= 0.6 is 11.3 Å². The third kappa shape index (κ3) is 3.22. The molecule has 0 aliphatic carbocycles. The number of hydrogen-bond donors (Lipinski definition) is 0. The molecule has 1 saturated heterocycles. The van der Waals surface area contributed by atoms with Crippen molar-refractivity contribution in [3.8, 4) is 0 Å². The Kier molecular flexibility index (Phi) is 4.35. The van der Waals surface area contributed by atoms with E-state index < -0.39 is 0 Å². The molecular weight excluding hydrogens is 310 g/mol. The second kappa shape index (κ2) is 6.28. The molecule has 122 valence electrons. The number of benzene rings is 1. The summed E-state index contributed by atoms with van der Waals surface area (Å²) in [5.74, 6) is -0.0312. The van der Waals surface area contributed by atoms with Crippen molar-refractivity contribution in [2.24, 2.45) is 23.9 Å². The Labute approximate surface area is 139 Å². The van der Waals surface area contributed by atoms with Gasteiger partial charge in [-0.1, -0.05) is 37.3 Å². The number of hydrogen-bond acceptors (Lipinski definition) is 3. The van der Waals surface area contributed by atoms with Crippen molar-refractivity contribution in [3.63, 3.8) is 0 Å². The maximum atomic E-state index is 12.5. The first-order valence-corrected chi connectivity index (χ1v) is 8.68. The molecule has 2 amide bonds. The van der Waals surface area contributed by atoms with Crippen molar-refractivity contribution in [1.82, 2.24) is 9.47 Å². The summed E-state index contributed by atoms with van der Waals surface area (Å²) in [5.41, 5.74) is 1.06. The Bertz CT molecular complexity index is 819. The summed E-state index contributed by atoms with van der Waals surface area (Å²) in [4.78, 5) is 31.2. The summed E-state index contributed by atoms with van der Waals surface area (Å²) in [6.45, 7) is 5.35. The van der Waals surface area contributed by atoms with E-state index in [2.05, 4.69) is 18.8 Å². The van der Waals surface area contributed by atoms with Crippen LogP contribution in [0, 0.1) is 11.8 Å². The van der Waals surface area contributed by atoms with Gasteiger partial charge in [0.15, 0.2) is 4.80 Å². The van der Waals surface area contributed by atoms with E-state index in [0.717, 1.165) is 10.2 Å². The van der Waals surface area contributed by atoms with Gasteiger partial charge in [-0.3, -0.25) is 9.59 Å². The van der Waals surface area contributed by atoms with E-state index in [4.69, 9.17) is 0 Å². The number of nitrogens with zero attached hydrogens (tertiary/aromatic N) is 3. The monoisotopic (exact) mass is 331 g/mol.